The first-order valence-electron chi connectivity index (χ1n) is 8.37. The third-order valence-electron chi connectivity index (χ3n) is 4.50. The Kier molecular flexibility index (Phi) is 4.04. The number of benzene rings is 1. The molecule has 1 fully saturated rings. The Hall–Kier alpha value is -2.65. The van der Waals surface area contributed by atoms with Crippen LogP contribution in [0.1, 0.15) is 12.8 Å². The second kappa shape index (κ2) is 6.26. The fourth-order valence-electron chi connectivity index (χ4n) is 2.88. The molecule has 1 aliphatic rings. The summed E-state index contributed by atoms with van der Waals surface area (Å²) in [5, 5.41) is 8.20. The van der Waals surface area contributed by atoms with Crippen LogP contribution >= 0.6 is 0 Å². The summed E-state index contributed by atoms with van der Waals surface area (Å²) in [6.07, 6.45) is 4.00. The standard InChI is InChI=1S/C17H19N5O3S/c1-18-26(24,25)13-6-4-12(5-7-13)20-16-15-14(8-9-19-17(15)23)22(21-16)10-11-2-3-11/h4-9,11,18H,2-3,10H2,1H3,(H,19,23)(H,20,21). The lowest BCUT2D eigenvalue weighted by atomic mass is 10.3. The van der Waals surface area contributed by atoms with Crippen molar-refractivity contribution in [2.75, 3.05) is 12.4 Å². The summed E-state index contributed by atoms with van der Waals surface area (Å²) in [4.78, 5) is 15.1. The molecule has 1 aromatic carbocycles. The minimum atomic E-state index is -3.48. The maximum atomic E-state index is 12.3. The number of aromatic amines is 1. The summed E-state index contributed by atoms with van der Waals surface area (Å²) >= 11 is 0. The Bertz CT molecular complexity index is 1110. The van der Waals surface area contributed by atoms with E-state index in [4.69, 9.17) is 0 Å². The van der Waals surface area contributed by atoms with Gasteiger partial charge < -0.3 is 10.3 Å². The van der Waals surface area contributed by atoms with Crippen molar-refractivity contribution in [2.45, 2.75) is 24.3 Å². The number of pyridine rings is 1. The molecule has 0 amide bonds. The van der Waals surface area contributed by atoms with Gasteiger partial charge in [-0.15, -0.1) is 0 Å². The summed E-state index contributed by atoms with van der Waals surface area (Å²) in [5.74, 6) is 1.09. The molecule has 4 rings (SSSR count). The highest BCUT2D eigenvalue weighted by Gasteiger charge is 2.24. The molecule has 136 valence electrons. The van der Waals surface area contributed by atoms with E-state index in [1.165, 1.54) is 32.0 Å². The number of H-pyrrole nitrogens is 1. The van der Waals surface area contributed by atoms with Crippen molar-refractivity contribution < 1.29 is 8.42 Å². The summed E-state index contributed by atoms with van der Waals surface area (Å²) in [5.41, 5.74) is 1.24. The fraction of sp³-hybridized carbons (Fsp3) is 0.294. The van der Waals surface area contributed by atoms with Crippen molar-refractivity contribution in [3.05, 3.63) is 46.9 Å². The zero-order valence-electron chi connectivity index (χ0n) is 14.2. The van der Waals surface area contributed by atoms with Crippen molar-refractivity contribution in [1.29, 1.82) is 0 Å². The molecule has 0 bridgehead atoms. The third-order valence-corrected chi connectivity index (χ3v) is 5.93. The molecule has 0 aliphatic heterocycles. The van der Waals surface area contributed by atoms with Crippen molar-refractivity contribution >= 4 is 32.4 Å². The van der Waals surface area contributed by atoms with E-state index in [1.807, 2.05) is 10.7 Å². The topological polar surface area (TPSA) is 109 Å². The normalized spacial score (nSPS) is 14.7. The number of sulfonamides is 1. The highest BCUT2D eigenvalue weighted by molar-refractivity contribution is 7.89. The molecule has 2 aromatic heterocycles. The zero-order valence-corrected chi connectivity index (χ0v) is 15.0. The number of fused-ring (bicyclic) bond motifs is 1. The molecule has 3 N–H and O–H groups in total. The molecule has 0 atom stereocenters. The van der Waals surface area contributed by atoms with Gasteiger partial charge in [0.25, 0.3) is 5.56 Å². The van der Waals surface area contributed by atoms with Crippen LogP contribution in [0.2, 0.25) is 0 Å². The molecule has 3 aromatic rings. The van der Waals surface area contributed by atoms with E-state index in [1.54, 1.807) is 18.3 Å². The van der Waals surface area contributed by atoms with Crippen molar-refractivity contribution in [1.82, 2.24) is 19.5 Å². The van der Waals surface area contributed by atoms with E-state index in [9.17, 15) is 13.2 Å². The lowest BCUT2D eigenvalue weighted by molar-refractivity contribution is 0.582. The predicted octanol–water partition coefficient (Wildman–Crippen LogP) is 1.79. The number of rotatable bonds is 6. The van der Waals surface area contributed by atoms with Crippen LogP contribution in [-0.4, -0.2) is 30.2 Å². The second-order valence-corrected chi connectivity index (χ2v) is 8.28. The van der Waals surface area contributed by atoms with Crippen LogP contribution in [0, 0.1) is 5.92 Å². The molecule has 0 radical (unpaired) electrons. The lowest BCUT2D eigenvalue weighted by Crippen LogP contribution is -2.18. The van der Waals surface area contributed by atoms with Gasteiger partial charge in [-0.25, -0.2) is 13.1 Å². The molecule has 0 saturated heterocycles. The van der Waals surface area contributed by atoms with Gasteiger partial charge in [0.1, 0.15) is 5.39 Å². The first-order valence-corrected chi connectivity index (χ1v) is 9.85. The van der Waals surface area contributed by atoms with Gasteiger partial charge in [0, 0.05) is 18.4 Å². The van der Waals surface area contributed by atoms with Gasteiger partial charge in [-0.1, -0.05) is 0 Å². The van der Waals surface area contributed by atoms with Crippen molar-refractivity contribution in [2.24, 2.45) is 5.92 Å². The van der Waals surface area contributed by atoms with Crippen LogP contribution in [0.4, 0.5) is 11.5 Å². The van der Waals surface area contributed by atoms with Crippen LogP contribution in [-0.2, 0) is 16.6 Å². The minimum Gasteiger partial charge on any atom is -0.338 e. The van der Waals surface area contributed by atoms with Gasteiger partial charge in [0.2, 0.25) is 10.0 Å². The number of anilines is 2. The van der Waals surface area contributed by atoms with Crippen molar-refractivity contribution in [3.8, 4) is 0 Å². The summed E-state index contributed by atoms with van der Waals surface area (Å²) in [6, 6.07) is 8.14. The smallest absolute Gasteiger partial charge is 0.261 e. The first-order chi connectivity index (χ1) is 12.5. The molecule has 26 heavy (non-hydrogen) atoms. The molecule has 9 heteroatoms. The summed E-state index contributed by atoms with van der Waals surface area (Å²) in [6.45, 7) is 0.793. The summed E-state index contributed by atoms with van der Waals surface area (Å²) < 4.78 is 27.8. The zero-order chi connectivity index (χ0) is 18.3. The quantitative estimate of drug-likeness (QED) is 0.610. The lowest BCUT2D eigenvalue weighted by Gasteiger charge is -2.06. The van der Waals surface area contributed by atoms with E-state index < -0.39 is 10.0 Å². The Morgan fingerprint density at radius 2 is 1.96 bits per heavy atom. The predicted molar refractivity (Wildman–Crippen MR) is 99.0 cm³/mol. The van der Waals surface area contributed by atoms with Crippen LogP contribution in [0.5, 0.6) is 0 Å². The molecule has 1 saturated carbocycles. The monoisotopic (exact) mass is 373 g/mol. The number of hydrogen-bond donors (Lipinski definition) is 3. The first kappa shape index (κ1) is 16.8. The van der Waals surface area contributed by atoms with Gasteiger partial charge in [-0.3, -0.25) is 9.48 Å². The summed E-state index contributed by atoms with van der Waals surface area (Å²) in [7, 11) is -2.12. The fourth-order valence-corrected chi connectivity index (χ4v) is 3.61. The van der Waals surface area contributed by atoms with Gasteiger partial charge in [0.15, 0.2) is 5.82 Å². The highest BCUT2D eigenvalue weighted by Crippen LogP contribution is 2.32. The minimum absolute atomic E-state index is 0.174. The molecule has 2 heterocycles. The van der Waals surface area contributed by atoms with E-state index in [2.05, 4.69) is 20.1 Å². The number of nitrogens with zero attached hydrogens (tertiary/aromatic N) is 2. The van der Waals surface area contributed by atoms with Crippen LogP contribution in [0.3, 0.4) is 0 Å². The van der Waals surface area contributed by atoms with Gasteiger partial charge in [-0.05, 0) is 56.1 Å². The molecular weight excluding hydrogens is 354 g/mol. The van der Waals surface area contributed by atoms with Crippen LogP contribution < -0.4 is 15.6 Å². The Morgan fingerprint density at radius 3 is 2.62 bits per heavy atom. The molecule has 1 aliphatic carbocycles. The average molecular weight is 373 g/mol. The Labute approximate surface area is 150 Å². The maximum Gasteiger partial charge on any atom is 0.261 e. The largest absolute Gasteiger partial charge is 0.338 e. The van der Waals surface area contributed by atoms with Gasteiger partial charge >= 0.3 is 0 Å². The molecule has 0 unspecified atom stereocenters. The third kappa shape index (κ3) is 3.11. The highest BCUT2D eigenvalue weighted by atomic mass is 32.2. The number of hydrogen-bond acceptors (Lipinski definition) is 5. The number of nitrogens with one attached hydrogen (secondary N) is 3. The Morgan fingerprint density at radius 1 is 1.23 bits per heavy atom. The van der Waals surface area contributed by atoms with E-state index >= 15 is 0 Å². The van der Waals surface area contributed by atoms with Crippen LogP contribution in [0.25, 0.3) is 10.9 Å². The van der Waals surface area contributed by atoms with E-state index in [0.29, 0.717) is 22.8 Å². The van der Waals surface area contributed by atoms with Crippen LogP contribution in [0.15, 0.2) is 46.2 Å². The Balaban J connectivity index is 1.70. The van der Waals surface area contributed by atoms with E-state index in [-0.39, 0.29) is 10.5 Å². The molecular formula is C17H19N5O3S. The molecule has 8 nitrogen and oxygen atoms in total. The SMILES string of the molecule is CNS(=O)(=O)c1ccc(Nc2nn(CC3CC3)c3cc[nH]c(=O)c23)cc1. The van der Waals surface area contributed by atoms with Gasteiger partial charge in [0.05, 0.1) is 10.4 Å². The van der Waals surface area contributed by atoms with E-state index in [0.717, 1.165) is 12.1 Å². The second-order valence-electron chi connectivity index (χ2n) is 6.40. The molecule has 0 spiro atoms. The average Bonchev–Trinajstić information content (AvgIpc) is 3.38. The van der Waals surface area contributed by atoms with Crippen molar-refractivity contribution in [3.63, 3.8) is 0 Å². The number of aromatic nitrogens is 3. The van der Waals surface area contributed by atoms with Gasteiger partial charge in [-0.2, -0.15) is 5.10 Å². The maximum absolute atomic E-state index is 12.3.